The number of anilines is 1. The van der Waals surface area contributed by atoms with Crippen molar-refractivity contribution in [3.63, 3.8) is 0 Å². The zero-order valence-corrected chi connectivity index (χ0v) is 5.82. The molecule has 3 heteroatoms. The Balaban J connectivity index is 2.60. The van der Waals surface area contributed by atoms with Crippen LogP contribution >= 0.6 is 0 Å². The molecule has 0 saturated heterocycles. The summed E-state index contributed by atoms with van der Waals surface area (Å²) in [7, 11) is 0. The summed E-state index contributed by atoms with van der Waals surface area (Å²) in [6, 6.07) is 7.02. The molecule has 56 valence electrons. The van der Waals surface area contributed by atoms with Gasteiger partial charge in [-0.05, 0) is 12.1 Å². The Bertz CT molecular complexity index is 309. The molecule has 0 radical (unpaired) electrons. The normalized spacial score (nSPS) is 15.4. The van der Waals surface area contributed by atoms with Crippen LogP contribution < -0.4 is 5.06 Å². The summed E-state index contributed by atoms with van der Waals surface area (Å²) < 4.78 is 0. The summed E-state index contributed by atoms with van der Waals surface area (Å²) in [5, 5.41) is 10.1. The molecule has 0 unspecified atom stereocenters. The monoisotopic (exact) mass is 149 g/mol. The summed E-state index contributed by atoms with van der Waals surface area (Å²) >= 11 is 0. The first-order chi connectivity index (χ1) is 5.29. The number of hydrogen-bond acceptors (Lipinski definition) is 3. The van der Waals surface area contributed by atoms with E-state index in [0.29, 0.717) is 11.3 Å². The van der Waals surface area contributed by atoms with Gasteiger partial charge in [0, 0.05) is 5.56 Å². The minimum Gasteiger partial charge on any atom is -0.292 e. The standard InChI is InChI=1S/C8H7NO2/c10-8-5-9(11)7-4-2-1-3-6(7)8/h1-4,11H,5H2. The van der Waals surface area contributed by atoms with E-state index < -0.39 is 0 Å². The molecule has 0 saturated carbocycles. The van der Waals surface area contributed by atoms with E-state index in [1.54, 1.807) is 24.3 Å². The largest absolute Gasteiger partial charge is 0.292 e. The molecule has 3 nitrogen and oxygen atoms in total. The van der Waals surface area contributed by atoms with E-state index in [9.17, 15) is 4.79 Å². The molecule has 0 amide bonds. The Morgan fingerprint density at radius 3 is 2.82 bits per heavy atom. The third kappa shape index (κ3) is 0.816. The van der Waals surface area contributed by atoms with Crippen LogP contribution in [0.1, 0.15) is 10.4 Å². The molecule has 11 heavy (non-hydrogen) atoms. The first kappa shape index (κ1) is 6.37. The van der Waals surface area contributed by atoms with Crippen LogP contribution in [0.2, 0.25) is 0 Å². The molecule has 1 aliphatic rings. The summed E-state index contributed by atoms with van der Waals surface area (Å²) in [5.74, 6) is -0.0249. The molecule has 0 bridgehead atoms. The van der Waals surface area contributed by atoms with Gasteiger partial charge in [-0.25, -0.2) is 5.06 Å². The lowest BCUT2D eigenvalue weighted by molar-refractivity contribution is 0.0988. The fourth-order valence-electron chi connectivity index (χ4n) is 1.24. The van der Waals surface area contributed by atoms with Gasteiger partial charge in [-0.3, -0.25) is 10.0 Å². The lowest BCUT2D eigenvalue weighted by atomic mass is 10.1. The van der Waals surface area contributed by atoms with Crippen molar-refractivity contribution in [1.82, 2.24) is 0 Å². The van der Waals surface area contributed by atoms with Crippen molar-refractivity contribution >= 4 is 11.5 Å². The fourth-order valence-corrected chi connectivity index (χ4v) is 1.24. The summed E-state index contributed by atoms with van der Waals surface area (Å²) in [6.07, 6.45) is 0. The van der Waals surface area contributed by atoms with Crippen LogP contribution in [0.25, 0.3) is 0 Å². The third-order valence-corrected chi connectivity index (χ3v) is 1.78. The van der Waals surface area contributed by atoms with Crippen molar-refractivity contribution in [3.05, 3.63) is 29.8 Å². The molecule has 1 aromatic rings. The van der Waals surface area contributed by atoms with E-state index in [1.165, 1.54) is 0 Å². The Hall–Kier alpha value is -1.35. The van der Waals surface area contributed by atoms with Gasteiger partial charge < -0.3 is 0 Å². The molecule has 1 heterocycles. The summed E-state index contributed by atoms with van der Waals surface area (Å²) in [6.45, 7) is 0.0827. The minimum atomic E-state index is -0.0249. The van der Waals surface area contributed by atoms with Crippen LogP contribution in [0.4, 0.5) is 5.69 Å². The number of para-hydroxylation sites is 1. The van der Waals surface area contributed by atoms with Crippen molar-refractivity contribution in [3.8, 4) is 0 Å². The van der Waals surface area contributed by atoms with Gasteiger partial charge in [0.15, 0.2) is 5.78 Å². The van der Waals surface area contributed by atoms with E-state index in [1.807, 2.05) is 0 Å². The van der Waals surface area contributed by atoms with Crippen LogP contribution in [0.3, 0.4) is 0 Å². The van der Waals surface area contributed by atoms with Gasteiger partial charge in [-0.15, -0.1) is 0 Å². The highest BCUT2D eigenvalue weighted by atomic mass is 16.5. The number of benzene rings is 1. The Morgan fingerprint density at radius 1 is 1.36 bits per heavy atom. The SMILES string of the molecule is O=C1CN(O)c2ccccc21. The van der Waals surface area contributed by atoms with Crippen LogP contribution in [-0.4, -0.2) is 17.5 Å². The van der Waals surface area contributed by atoms with Gasteiger partial charge in [0.25, 0.3) is 0 Å². The van der Waals surface area contributed by atoms with Gasteiger partial charge in [0.05, 0.1) is 5.69 Å². The van der Waals surface area contributed by atoms with Crippen LogP contribution in [0.5, 0.6) is 0 Å². The van der Waals surface area contributed by atoms with Crippen molar-refractivity contribution in [2.75, 3.05) is 11.6 Å². The van der Waals surface area contributed by atoms with Crippen molar-refractivity contribution in [2.45, 2.75) is 0 Å². The maximum Gasteiger partial charge on any atom is 0.186 e. The van der Waals surface area contributed by atoms with Crippen molar-refractivity contribution in [2.24, 2.45) is 0 Å². The van der Waals surface area contributed by atoms with Gasteiger partial charge in [0.2, 0.25) is 0 Å². The topological polar surface area (TPSA) is 40.5 Å². The quantitative estimate of drug-likeness (QED) is 0.600. The van der Waals surface area contributed by atoms with E-state index >= 15 is 0 Å². The second-order valence-electron chi connectivity index (χ2n) is 2.50. The number of hydrogen-bond donors (Lipinski definition) is 1. The molecule has 0 spiro atoms. The van der Waals surface area contributed by atoms with E-state index in [4.69, 9.17) is 5.21 Å². The summed E-state index contributed by atoms with van der Waals surface area (Å²) in [4.78, 5) is 11.1. The highest BCUT2D eigenvalue weighted by Crippen LogP contribution is 2.24. The Morgan fingerprint density at radius 2 is 2.09 bits per heavy atom. The second kappa shape index (κ2) is 2.07. The maximum atomic E-state index is 11.1. The minimum absolute atomic E-state index is 0.0249. The highest BCUT2D eigenvalue weighted by Gasteiger charge is 2.24. The van der Waals surface area contributed by atoms with E-state index in [2.05, 4.69) is 0 Å². The predicted octanol–water partition coefficient (Wildman–Crippen LogP) is 1.08. The number of carbonyl (C=O) groups is 1. The lowest BCUT2D eigenvalue weighted by Crippen LogP contribution is -2.16. The number of nitrogens with zero attached hydrogens (tertiary/aromatic N) is 1. The highest BCUT2D eigenvalue weighted by molar-refractivity contribution is 6.07. The van der Waals surface area contributed by atoms with E-state index in [0.717, 1.165) is 5.06 Å². The number of fused-ring (bicyclic) bond motifs is 1. The zero-order valence-electron chi connectivity index (χ0n) is 5.82. The van der Waals surface area contributed by atoms with Gasteiger partial charge >= 0.3 is 0 Å². The Labute approximate surface area is 63.8 Å². The number of Topliss-reactive ketones (excluding diaryl/α,β-unsaturated/α-hetero) is 1. The molecule has 1 aromatic carbocycles. The van der Waals surface area contributed by atoms with Gasteiger partial charge in [-0.1, -0.05) is 12.1 Å². The Kier molecular flexibility index (Phi) is 1.20. The number of hydroxylamine groups is 1. The number of ketones is 1. The molecule has 0 atom stereocenters. The van der Waals surface area contributed by atoms with Crippen LogP contribution in [0, 0.1) is 0 Å². The summed E-state index contributed by atoms with van der Waals surface area (Å²) in [5.41, 5.74) is 1.22. The van der Waals surface area contributed by atoms with Crippen molar-refractivity contribution in [1.29, 1.82) is 0 Å². The molecular formula is C8H7NO2. The van der Waals surface area contributed by atoms with Crippen LogP contribution in [0.15, 0.2) is 24.3 Å². The first-order valence-corrected chi connectivity index (χ1v) is 3.37. The van der Waals surface area contributed by atoms with E-state index in [-0.39, 0.29) is 12.3 Å². The van der Waals surface area contributed by atoms with Crippen molar-refractivity contribution < 1.29 is 10.0 Å². The average Bonchev–Trinajstić information content (AvgIpc) is 2.30. The second-order valence-corrected chi connectivity index (χ2v) is 2.50. The fraction of sp³-hybridized carbons (Fsp3) is 0.125. The average molecular weight is 149 g/mol. The molecular weight excluding hydrogens is 142 g/mol. The molecule has 0 fully saturated rings. The third-order valence-electron chi connectivity index (χ3n) is 1.78. The van der Waals surface area contributed by atoms with Gasteiger partial charge in [0.1, 0.15) is 6.54 Å². The maximum absolute atomic E-state index is 11.1. The number of rotatable bonds is 0. The smallest absolute Gasteiger partial charge is 0.186 e. The molecule has 2 rings (SSSR count). The molecule has 0 aliphatic carbocycles. The lowest BCUT2D eigenvalue weighted by Gasteiger charge is -2.06. The molecule has 1 N–H and O–H groups in total. The van der Waals surface area contributed by atoms with Crippen LogP contribution in [-0.2, 0) is 0 Å². The first-order valence-electron chi connectivity index (χ1n) is 3.37. The zero-order chi connectivity index (χ0) is 7.84. The number of carbonyl (C=O) groups excluding carboxylic acids is 1. The molecule has 1 aliphatic heterocycles. The van der Waals surface area contributed by atoms with Gasteiger partial charge in [-0.2, -0.15) is 0 Å². The predicted molar refractivity (Wildman–Crippen MR) is 39.9 cm³/mol. The molecule has 0 aromatic heterocycles.